The highest BCUT2D eigenvalue weighted by atomic mass is 79.9. The van der Waals surface area contributed by atoms with Crippen LogP contribution in [-0.2, 0) is 11.5 Å². The number of halogens is 2. The van der Waals surface area contributed by atoms with Crippen LogP contribution in [0, 0.1) is 5.82 Å². The van der Waals surface area contributed by atoms with Crippen molar-refractivity contribution in [2.24, 2.45) is 0 Å². The van der Waals surface area contributed by atoms with Crippen LogP contribution in [0.2, 0.25) is 25.7 Å². The average molecular weight is 477 g/mol. The van der Waals surface area contributed by atoms with Gasteiger partial charge in [-0.15, -0.1) is 0 Å². The predicted molar refractivity (Wildman–Crippen MR) is 121 cm³/mol. The fraction of sp³-hybridized carbons (Fsp3) is 0.318. The molecule has 0 fully saturated rings. The molecule has 0 amide bonds. The van der Waals surface area contributed by atoms with Gasteiger partial charge in [-0.1, -0.05) is 19.6 Å². The summed E-state index contributed by atoms with van der Waals surface area (Å²) in [7, 11) is 0.468. The van der Waals surface area contributed by atoms with Gasteiger partial charge in [-0.2, -0.15) is 0 Å². The second-order valence-electron chi connectivity index (χ2n) is 8.09. The molecule has 0 saturated carbocycles. The van der Waals surface area contributed by atoms with E-state index in [4.69, 9.17) is 14.5 Å². The van der Waals surface area contributed by atoms with Gasteiger partial charge in [-0.25, -0.2) is 9.37 Å². The summed E-state index contributed by atoms with van der Waals surface area (Å²) in [5, 5.41) is 0. The quantitative estimate of drug-likeness (QED) is 0.277. The molecule has 0 aliphatic rings. The molecule has 0 spiro atoms. The second-order valence-corrected chi connectivity index (χ2v) is 14.5. The lowest BCUT2D eigenvalue weighted by Gasteiger charge is -2.17. The summed E-state index contributed by atoms with van der Waals surface area (Å²) in [6.07, 6.45) is 0. The Balaban J connectivity index is 1.98. The van der Waals surface area contributed by atoms with Gasteiger partial charge in [0.1, 0.15) is 28.7 Å². The maximum atomic E-state index is 13.4. The smallest absolute Gasteiger partial charge is 0.143 e. The maximum Gasteiger partial charge on any atom is 0.143 e. The maximum absolute atomic E-state index is 13.4. The van der Waals surface area contributed by atoms with Gasteiger partial charge in [-0.3, -0.25) is 4.57 Å². The second kappa shape index (κ2) is 9.24. The molecule has 7 heteroatoms. The van der Waals surface area contributed by atoms with E-state index in [-0.39, 0.29) is 5.82 Å². The van der Waals surface area contributed by atoms with E-state index in [9.17, 15) is 4.39 Å². The minimum absolute atomic E-state index is 0.266. The number of hydrogen-bond acceptors (Lipinski definition) is 3. The highest BCUT2D eigenvalue weighted by Gasteiger charge is 2.19. The Labute approximate surface area is 180 Å². The standard InChI is InChI=1S/C22H26BrFN2O2Si/c1-27-19-11-7-17(8-12-19)22-25-21(23)20(16-5-9-18(24)10-6-16)26(22)15-28-13-14-29(2,3)4/h5-12H,13-15H2,1-4H3. The first-order valence-corrected chi connectivity index (χ1v) is 14.0. The van der Waals surface area contributed by atoms with Crippen molar-refractivity contribution in [2.75, 3.05) is 13.7 Å². The number of nitrogens with zero attached hydrogens (tertiary/aromatic N) is 2. The van der Waals surface area contributed by atoms with Crippen molar-refractivity contribution in [3.63, 3.8) is 0 Å². The third-order valence-corrected chi connectivity index (χ3v) is 6.86. The molecule has 0 unspecified atom stereocenters. The van der Waals surface area contributed by atoms with Crippen molar-refractivity contribution in [1.82, 2.24) is 9.55 Å². The van der Waals surface area contributed by atoms with Gasteiger partial charge in [0.25, 0.3) is 0 Å². The fourth-order valence-electron chi connectivity index (χ4n) is 2.93. The predicted octanol–water partition coefficient (Wildman–Crippen LogP) is 6.44. The van der Waals surface area contributed by atoms with Crippen LogP contribution in [0.15, 0.2) is 53.1 Å². The Hall–Kier alpha value is -1.96. The molecule has 0 aliphatic carbocycles. The number of benzene rings is 2. The lowest BCUT2D eigenvalue weighted by molar-refractivity contribution is 0.0893. The Morgan fingerprint density at radius 3 is 2.21 bits per heavy atom. The molecule has 2 aromatic carbocycles. The minimum Gasteiger partial charge on any atom is -0.497 e. The molecule has 1 heterocycles. The monoisotopic (exact) mass is 476 g/mol. The number of ether oxygens (including phenoxy) is 2. The minimum atomic E-state index is -1.18. The van der Waals surface area contributed by atoms with Crippen molar-refractivity contribution in [2.45, 2.75) is 32.4 Å². The van der Waals surface area contributed by atoms with E-state index in [1.54, 1.807) is 19.2 Å². The average Bonchev–Trinajstić information content (AvgIpc) is 3.01. The molecule has 1 aromatic heterocycles. The lowest BCUT2D eigenvalue weighted by atomic mass is 10.1. The molecule has 0 radical (unpaired) electrons. The Morgan fingerprint density at radius 2 is 1.62 bits per heavy atom. The van der Waals surface area contributed by atoms with Crippen molar-refractivity contribution >= 4 is 24.0 Å². The van der Waals surface area contributed by atoms with E-state index in [1.165, 1.54) is 12.1 Å². The van der Waals surface area contributed by atoms with Gasteiger partial charge in [0, 0.05) is 25.8 Å². The zero-order valence-corrected chi connectivity index (χ0v) is 19.8. The summed E-state index contributed by atoms with van der Waals surface area (Å²) in [5.74, 6) is 1.31. The van der Waals surface area contributed by atoms with Gasteiger partial charge >= 0.3 is 0 Å². The van der Waals surface area contributed by atoms with Crippen LogP contribution in [0.5, 0.6) is 5.75 Å². The molecule has 0 bridgehead atoms. The molecule has 0 atom stereocenters. The van der Waals surface area contributed by atoms with E-state index < -0.39 is 8.07 Å². The van der Waals surface area contributed by atoms with Crippen molar-refractivity contribution in [1.29, 1.82) is 0 Å². The van der Waals surface area contributed by atoms with Crippen LogP contribution in [0.4, 0.5) is 4.39 Å². The van der Waals surface area contributed by atoms with Crippen molar-refractivity contribution in [3.8, 4) is 28.4 Å². The highest BCUT2D eigenvalue weighted by molar-refractivity contribution is 9.10. The zero-order chi connectivity index (χ0) is 21.0. The van der Waals surface area contributed by atoms with Crippen LogP contribution in [0.1, 0.15) is 0 Å². The number of rotatable bonds is 8. The largest absolute Gasteiger partial charge is 0.497 e. The molecule has 3 rings (SSSR count). The lowest BCUT2D eigenvalue weighted by Crippen LogP contribution is -2.22. The van der Waals surface area contributed by atoms with Crippen LogP contribution < -0.4 is 4.74 Å². The molecule has 0 N–H and O–H groups in total. The van der Waals surface area contributed by atoms with E-state index >= 15 is 0 Å². The third-order valence-electron chi connectivity index (χ3n) is 4.61. The Bertz CT molecular complexity index is 951. The molecule has 154 valence electrons. The van der Waals surface area contributed by atoms with Crippen molar-refractivity contribution in [3.05, 3.63) is 59.0 Å². The summed E-state index contributed by atoms with van der Waals surface area (Å²) >= 11 is 3.59. The Kier molecular flexibility index (Phi) is 6.92. The first-order chi connectivity index (χ1) is 13.8. The van der Waals surface area contributed by atoms with Crippen molar-refractivity contribution < 1.29 is 13.9 Å². The first kappa shape index (κ1) is 21.7. The van der Waals surface area contributed by atoms with E-state index in [0.29, 0.717) is 17.9 Å². The first-order valence-electron chi connectivity index (χ1n) is 9.52. The highest BCUT2D eigenvalue weighted by Crippen LogP contribution is 2.34. The number of imidazole rings is 1. The summed E-state index contributed by atoms with van der Waals surface area (Å²) in [6.45, 7) is 8.07. The molecule has 4 nitrogen and oxygen atoms in total. The number of methoxy groups -OCH3 is 1. The molecular formula is C22H26BrFN2O2Si. The number of hydrogen-bond donors (Lipinski definition) is 0. The summed E-state index contributed by atoms with van der Waals surface area (Å²) < 4.78 is 27.5. The summed E-state index contributed by atoms with van der Waals surface area (Å²) in [4.78, 5) is 4.74. The number of aromatic nitrogens is 2. The molecule has 0 aliphatic heterocycles. The fourth-order valence-corrected chi connectivity index (χ4v) is 4.29. The van der Waals surface area contributed by atoms with E-state index in [2.05, 4.69) is 35.6 Å². The van der Waals surface area contributed by atoms with Crippen LogP contribution >= 0.6 is 15.9 Å². The van der Waals surface area contributed by atoms with E-state index in [0.717, 1.165) is 34.4 Å². The normalized spacial score (nSPS) is 11.7. The zero-order valence-electron chi connectivity index (χ0n) is 17.2. The third kappa shape index (κ3) is 5.56. The molecular weight excluding hydrogens is 451 g/mol. The van der Waals surface area contributed by atoms with Gasteiger partial charge < -0.3 is 9.47 Å². The van der Waals surface area contributed by atoms with Crippen LogP contribution in [0.3, 0.4) is 0 Å². The van der Waals surface area contributed by atoms with Crippen LogP contribution in [-0.4, -0.2) is 31.3 Å². The molecule has 0 saturated heterocycles. The summed E-state index contributed by atoms with van der Waals surface area (Å²) in [5.41, 5.74) is 2.69. The Morgan fingerprint density at radius 1 is 1.00 bits per heavy atom. The topological polar surface area (TPSA) is 36.3 Å². The molecule has 3 aromatic rings. The van der Waals surface area contributed by atoms with Gasteiger partial charge in [0.05, 0.1) is 12.8 Å². The summed E-state index contributed by atoms with van der Waals surface area (Å²) in [6, 6.07) is 15.3. The van der Waals surface area contributed by atoms with Gasteiger partial charge in [-0.05, 0) is 70.5 Å². The van der Waals surface area contributed by atoms with Gasteiger partial charge in [0.15, 0.2) is 0 Å². The van der Waals surface area contributed by atoms with Gasteiger partial charge in [0.2, 0.25) is 0 Å². The SMILES string of the molecule is COc1ccc(-c2nc(Br)c(-c3ccc(F)cc3)n2COCC[Si](C)(C)C)cc1. The molecule has 29 heavy (non-hydrogen) atoms. The van der Waals surface area contributed by atoms with E-state index in [1.807, 2.05) is 28.8 Å². The van der Waals surface area contributed by atoms with Crippen LogP contribution in [0.25, 0.3) is 22.6 Å².